The van der Waals surface area contributed by atoms with E-state index in [1.807, 2.05) is 48.5 Å². The van der Waals surface area contributed by atoms with Gasteiger partial charge in [0.2, 0.25) is 5.65 Å². The van der Waals surface area contributed by atoms with Gasteiger partial charge >= 0.3 is 0 Å². The second-order valence-corrected chi connectivity index (χ2v) is 5.17. The van der Waals surface area contributed by atoms with Crippen molar-refractivity contribution in [1.82, 2.24) is 25.0 Å². The fourth-order valence-electron chi connectivity index (χ4n) is 2.26. The molecule has 2 aromatic heterocycles. The highest BCUT2D eigenvalue weighted by atomic mass is 35.5. The Morgan fingerprint density at radius 1 is 1.09 bits per heavy atom. The summed E-state index contributed by atoms with van der Waals surface area (Å²) >= 11 is 5.97. The molecule has 0 saturated heterocycles. The lowest BCUT2D eigenvalue weighted by Crippen LogP contribution is -2.02. The number of nitrogens with zero attached hydrogens (tertiary/aromatic N) is 5. The van der Waals surface area contributed by atoms with Gasteiger partial charge in [-0.1, -0.05) is 35.9 Å². The highest BCUT2D eigenvalue weighted by Gasteiger charge is 2.12. The van der Waals surface area contributed by atoms with Crippen LogP contribution in [0.15, 0.2) is 48.5 Å². The fourth-order valence-corrected chi connectivity index (χ4v) is 2.47. The third-order valence-electron chi connectivity index (χ3n) is 3.26. The molecule has 0 atom stereocenters. The van der Waals surface area contributed by atoms with Gasteiger partial charge in [0.25, 0.3) is 5.88 Å². The minimum absolute atomic E-state index is 0.342. The van der Waals surface area contributed by atoms with Crippen LogP contribution in [0.2, 0.25) is 5.02 Å². The average molecular weight is 312 g/mol. The summed E-state index contributed by atoms with van der Waals surface area (Å²) in [6.45, 7) is 0.342. The summed E-state index contributed by atoms with van der Waals surface area (Å²) in [5.74, 6) is 0.392. The number of ether oxygens (including phenoxy) is 1. The molecule has 6 nitrogen and oxygen atoms in total. The van der Waals surface area contributed by atoms with Crippen molar-refractivity contribution in [3.63, 3.8) is 0 Å². The Kier molecular flexibility index (Phi) is 3.08. The molecule has 108 valence electrons. The molecule has 0 amide bonds. The number of aromatic nitrogens is 5. The predicted octanol–water partition coefficient (Wildman–Crippen LogP) is 2.90. The highest BCUT2D eigenvalue weighted by molar-refractivity contribution is 6.30. The van der Waals surface area contributed by atoms with Crippen molar-refractivity contribution in [3.05, 3.63) is 59.1 Å². The molecule has 0 N–H and O–H groups in total. The first kappa shape index (κ1) is 13.0. The zero-order valence-corrected chi connectivity index (χ0v) is 12.1. The quantitative estimate of drug-likeness (QED) is 0.582. The van der Waals surface area contributed by atoms with Crippen molar-refractivity contribution in [2.24, 2.45) is 0 Å². The van der Waals surface area contributed by atoms with Crippen LogP contribution < -0.4 is 4.74 Å². The van der Waals surface area contributed by atoms with Crippen molar-refractivity contribution >= 4 is 28.3 Å². The van der Waals surface area contributed by atoms with Crippen LogP contribution in [0, 0.1) is 0 Å². The first-order chi connectivity index (χ1) is 10.8. The molecule has 2 heterocycles. The van der Waals surface area contributed by atoms with Gasteiger partial charge in [0.15, 0.2) is 0 Å². The number of halogens is 1. The molecule has 7 heteroatoms. The summed E-state index contributed by atoms with van der Waals surface area (Å²) in [4.78, 5) is 4.49. The maximum atomic E-state index is 5.97. The smallest absolute Gasteiger partial charge is 0.262 e. The van der Waals surface area contributed by atoms with Gasteiger partial charge in [-0.15, -0.1) is 5.10 Å². The topological polar surface area (TPSA) is 65.2 Å². The summed E-state index contributed by atoms with van der Waals surface area (Å²) < 4.78 is 7.41. The number of rotatable bonds is 3. The number of benzene rings is 2. The zero-order valence-electron chi connectivity index (χ0n) is 11.3. The van der Waals surface area contributed by atoms with Gasteiger partial charge < -0.3 is 4.74 Å². The number of hydrogen-bond donors (Lipinski definition) is 0. The van der Waals surface area contributed by atoms with Crippen LogP contribution in [0.3, 0.4) is 0 Å². The number of para-hydroxylation sites is 2. The van der Waals surface area contributed by atoms with Crippen molar-refractivity contribution < 1.29 is 4.74 Å². The maximum Gasteiger partial charge on any atom is 0.262 e. The molecule has 0 aliphatic carbocycles. The predicted molar refractivity (Wildman–Crippen MR) is 81.9 cm³/mol. The lowest BCUT2D eigenvalue weighted by atomic mass is 10.2. The van der Waals surface area contributed by atoms with Crippen LogP contribution in [0.4, 0.5) is 0 Å². The van der Waals surface area contributed by atoms with Crippen LogP contribution >= 0.6 is 11.6 Å². The molecule has 0 spiro atoms. The summed E-state index contributed by atoms with van der Waals surface area (Å²) in [7, 11) is 0. The van der Waals surface area contributed by atoms with Gasteiger partial charge in [0, 0.05) is 5.02 Å². The van der Waals surface area contributed by atoms with Crippen LogP contribution in [0.1, 0.15) is 5.56 Å². The Hall–Kier alpha value is -2.73. The second kappa shape index (κ2) is 5.23. The van der Waals surface area contributed by atoms with E-state index in [0.29, 0.717) is 23.2 Å². The van der Waals surface area contributed by atoms with Crippen molar-refractivity contribution in [1.29, 1.82) is 0 Å². The van der Waals surface area contributed by atoms with Gasteiger partial charge in [-0.3, -0.25) is 0 Å². The van der Waals surface area contributed by atoms with E-state index in [1.165, 1.54) is 0 Å². The lowest BCUT2D eigenvalue weighted by Gasteiger charge is -2.07. The van der Waals surface area contributed by atoms with Crippen LogP contribution in [0.25, 0.3) is 16.7 Å². The Morgan fingerprint density at radius 3 is 2.91 bits per heavy atom. The molecule has 0 fully saturated rings. The molecule has 0 saturated carbocycles. The highest BCUT2D eigenvalue weighted by Crippen LogP contribution is 2.21. The summed E-state index contributed by atoms with van der Waals surface area (Å²) in [6.07, 6.45) is 0. The lowest BCUT2D eigenvalue weighted by molar-refractivity contribution is 0.297. The van der Waals surface area contributed by atoms with Crippen LogP contribution in [-0.2, 0) is 6.61 Å². The molecule has 4 aromatic rings. The van der Waals surface area contributed by atoms with E-state index in [0.717, 1.165) is 16.6 Å². The first-order valence-electron chi connectivity index (χ1n) is 6.65. The van der Waals surface area contributed by atoms with E-state index >= 15 is 0 Å². The molecule has 0 unspecified atom stereocenters. The van der Waals surface area contributed by atoms with Gasteiger partial charge in [0.1, 0.15) is 6.61 Å². The van der Waals surface area contributed by atoms with Gasteiger partial charge in [-0.05, 0) is 40.3 Å². The van der Waals surface area contributed by atoms with Gasteiger partial charge in [-0.25, -0.2) is 4.98 Å². The Bertz CT molecular complexity index is 968. The zero-order chi connectivity index (χ0) is 14.9. The minimum atomic E-state index is 0.342. The molecule has 0 aliphatic rings. The number of hydrogen-bond acceptors (Lipinski definition) is 5. The number of fused-ring (bicyclic) bond motifs is 3. The summed E-state index contributed by atoms with van der Waals surface area (Å²) in [5.41, 5.74) is 3.04. The molecule has 4 rings (SSSR count). The SMILES string of the molecule is Clc1cccc(COc2nc3ccccc3n3nnnc23)c1. The van der Waals surface area contributed by atoms with E-state index in [9.17, 15) is 0 Å². The summed E-state index contributed by atoms with van der Waals surface area (Å²) in [6, 6.07) is 15.1. The maximum absolute atomic E-state index is 5.97. The summed E-state index contributed by atoms with van der Waals surface area (Å²) in [5, 5.41) is 12.3. The van der Waals surface area contributed by atoms with Crippen molar-refractivity contribution in [2.75, 3.05) is 0 Å². The minimum Gasteiger partial charge on any atom is -0.470 e. The molecule has 22 heavy (non-hydrogen) atoms. The third kappa shape index (κ3) is 2.23. The standard InChI is InChI=1S/C15H10ClN5O/c16-11-5-3-4-10(8-11)9-22-15-14-18-19-20-21(14)13-7-2-1-6-12(13)17-15/h1-8H,9H2. The van der Waals surface area contributed by atoms with E-state index in [2.05, 4.69) is 20.5 Å². The average Bonchev–Trinajstić information content (AvgIpc) is 3.03. The molecular weight excluding hydrogens is 302 g/mol. The Balaban J connectivity index is 1.75. The van der Waals surface area contributed by atoms with E-state index in [4.69, 9.17) is 16.3 Å². The Morgan fingerprint density at radius 2 is 2.00 bits per heavy atom. The molecule has 0 bridgehead atoms. The second-order valence-electron chi connectivity index (χ2n) is 4.74. The van der Waals surface area contributed by atoms with Gasteiger partial charge in [0.05, 0.1) is 11.0 Å². The largest absolute Gasteiger partial charge is 0.470 e. The molecular formula is C15H10ClN5O. The van der Waals surface area contributed by atoms with E-state index in [1.54, 1.807) is 4.52 Å². The van der Waals surface area contributed by atoms with Crippen LogP contribution in [-0.4, -0.2) is 25.0 Å². The van der Waals surface area contributed by atoms with E-state index in [-0.39, 0.29) is 0 Å². The monoisotopic (exact) mass is 311 g/mol. The number of tetrazole rings is 1. The molecule has 0 radical (unpaired) electrons. The molecule has 0 aliphatic heterocycles. The Labute approximate surface area is 130 Å². The van der Waals surface area contributed by atoms with Crippen LogP contribution in [0.5, 0.6) is 5.88 Å². The van der Waals surface area contributed by atoms with Crippen molar-refractivity contribution in [3.8, 4) is 5.88 Å². The normalized spacial score (nSPS) is 11.1. The van der Waals surface area contributed by atoms with E-state index < -0.39 is 0 Å². The third-order valence-corrected chi connectivity index (χ3v) is 3.49. The molecule has 2 aromatic carbocycles. The van der Waals surface area contributed by atoms with Gasteiger partial charge in [-0.2, -0.15) is 4.52 Å². The van der Waals surface area contributed by atoms with Crippen molar-refractivity contribution in [2.45, 2.75) is 6.61 Å². The first-order valence-corrected chi connectivity index (χ1v) is 7.03. The fraction of sp³-hybridized carbons (Fsp3) is 0.0667.